The number of thiophene rings is 1. The van der Waals surface area contributed by atoms with Crippen LogP contribution in [0.1, 0.15) is 29.0 Å². The molecule has 1 heterocycles. The maximum Gasteiger partial charge on any atom is 0.123 e. The van der Waals surface area contributed by atoms with E-state index >= 15 is 0 Å². The Kier molecular flexibility index (Phi) is 4.04. The molecule has 0 saturated carbocycles. The minimum Gasteiger partial charge on any atom is -0.387 e. The largest absolute Gasteiger partial charge is 0.387 e. The Bertz CT molecular complexity index is 746. The third-order valence-electron chi connectivity index (χ3n) is 3.69. The molecule has 0 radical (unpaired) electrons. The lowest BCUT2D eigenvalue weighted by molar-refractivity contribution is 0.182. The Morgan fingerprint density at radius 2 is 1.76 bits per heavy atom. The second-order valence-corrected chi connectivity index (χ2v) is 6.34. The molecule has 1 N–H and O–H groups in total. The summed E-state index contributed by atoms with van der Waals surface area (Å²) in [5, 5.41) is 11.2. The normalized spacial score (nSPS) is 12.7. The van der Waals surface area contributed by atoms with Gasteiger partial charge in [-0.2, -0.15) is 0 Å². The first-order valence-corrected chi connectivity index (χ1v) is 7.92. The van der Waals surface area contributed by atoms with Crippen LogP contribution in [0.5, 0.6) is 0 Å². The highest BCUT2D eigenvalue weighted by atomic mass is 32.1. The van der Waals surface area contributed by atoms with Gasteiger partial charge in [0.1, 0.15) is 5.82 Å². The Morgan fingerprint density at radius 3 is 2.48 bits per heavy atom. The molecule has 0 amide bonds. The summed E-state index contributed by atoms with van der Waals surface area (Å²) >= 11 is 1.52. The van der Waals surface area contributed by atoms with Crippen LogP contribution in [0.2, 0.25) is 0 Å². The Balaban J connectivity index is 1.80. The predicted octanol–water partition coefficient (Wildman–Crippen LogP) is 4.88. The number of halogens is 1. The summed E-state index contributed by atoms with van der Waals surface area (Å²) in [6.45, 7) is 2.13. The van der Waals surface area contributed by atoms with Crippen LogP contribution in [0, 0.1) is 5.82 Å². The molecule has 108 valence electrons. The summed E-state index contributed by atoms with van der Waals surface area (Å²) in [4.78, 5) is 0.884. The first-order chi connectivity index (χ1) is 10.2. The van der Waals surface area contributed by atoms with Gasteiger partial charge in [-0.15, -0.1) is 11.3 Å². The lowest BCUT2D eigenvalue weighted by Crippen LogP contribution is -1.99. The Hall–Kier alpha value is -1.71. The molecule has 0 aliphatic carbocycles. The van der Waals surface area contributed by atoms with Crippen molar-refractivity contribution < 1.29 is 9.50 Å². The van der Waals surface area contributed by atoms with Crippen molar-refractivity contribution in [3.63, 3.8) is 0 Å². The van der Waals surface area contributed by atoms with E-state index in [1.54, 1.807) is 6.07 Å². The number of benzene rings is 2. The summed E-state index contributed by atoms with van der Waals surface area (Å²) < 4.78 is 14.2. The average molecular weight is 300 g/mol. The van der Waals surface area contributed by atoms with E-state index < -0.39 is 6.10 Å². The van der Waals surface area contributed by atoms with Crippen molar-refractivity contribution in [1.29, 1.82) is 0 Å². The summed E-state index contributed by atoms with van der Waals surface area (Å²) in [7, 11) is 0. The van der Waals surface area contributed by atoms with E-state index in [4.69, 9.17) is 0 Å². The van der Waals surface area contributed by atoms with Crippen LogP contribution in [0.15, 0.2) is 48.5 Å². The highest BCUT2D eigenvalue weighted by Gasteiger charge is 2.12. The molecule has 0 bridgehead atoms. The third-order valence-corrected chi connectivity index (χ3v) is 4.90. The van der Waals surface area contributed by atoms with Crippen molar-refractivity contribution in [3.05, 3.63) is 70.4 Å². The van der Waals surface area contributed by atoms with E-state index in [1.807, 2.05) is 6.07 Å². The SMILES string of the molecule is CCc1ccc(CC(O)c2cc3cc(F)ccc3s2)cc1. The van der Waals surface area contributed by atoms with E-state index in [1.165, 1.54) is 29.0 Å². The number of aliphatic hydroxyl groups is 1. The van der Waals surface area contributed by atoms with E-state index in [0.29, 0.717) is 6.42 Å². The second-order valence-electron chi connectivity index (χ2n) is 5.22. The van der Waals surface area contributed by atoms with Gasteiger partial charge in [0.2, 0.25) is 0 Å². The van der Waals surface area contributed by atoms with Crippen molar-refractivity contribution in [1.82, 2.24) is 0 Å². The van der Waals surface area contributed by atoms with Crippen LogP contribution in [0.4, 0.5) is 4.39 Å². The van der Waals surface area contributed by atoms with Gasteiger partial charge in [-0.3, -0.25) is 0 Å². The molecule has 21 heavy (non-hydrogen) atoms. The molecule has 0 aliphatic rings. The monoisotopic (exact) mass is 300 g/mol. The van der Waals surface area contributed by atoms with Gasteiger partial charge in [-0.05, 0) is 47.2 Å². The van der Waals surface area contributed by atoms with Crippen molar-refractivity contribution in [2.24, 2.45) is 0 Å². The molecule has 2 aromatic carbocycles. The van der Waals surface area contributed by atoms with E-state index in [9.17, 15) is 9.50 Å². The maximum atomic E-state index is 13.2. The van der Waals surface area contributed by atoms with Gasteiger partial charge in [0.15, 0.2) is 0 Å². The predicted molar refractivity (Wildman–Crippen MR) is 86.3 cm³/mol. The molecule has 3 rings (SSSR count). The van der Waals surface area contributed by atoms with Gasteiger partial charge in [-0.25, -0.2) is 4.39 Å². The molecule has 1 atom stereocenters. The Labute approximate surface area is 127 Å². The topological polar surface area (TPSA) is 20.2 Å². The van der Waals surface area contributed by atoms with Crippen LogP contribution in [-0.2, 0) is 12.8 Å². The molecule has 3 aromatic rings. The number of hydrogen-bond donors (Lipinski definition) is 1. The van der Waals surface area contributed by atoms with Gasteiger partial charge in [0.25, 0.3) is 0 Å². The number of aliphatic hydroxyl groups excluding tert-OH is 1. The van der Waals surface area contributed by atoms with E-state index in [0.717, 1.165) is 26.9 Å². The molecular formula is C18H17FOS. The molecule has 1 aromatic heterocycles. The zero-order valence-electron chi connectivity index (χ0n) is 11.8. The number of aryl methyl sites for hydroxylation is 1. The van der Waals surface area contributed by atoms with Crippen molar-refractivity contribution in [2.75, 3.05) is 0 Å². The van der Waals surface area contributed by atoms with E-state index in [-0.39, 0.29) is 5.82 Å². The number of fused-ring (bicyclic) bond motifs is 1. The molecule has 1 unspecified atom stereocenters. The lowest BCUT2D eigenvalue weighted by Gasteiger charge is -2.09. The average Bonchev–Trinajstić information content (AvgIpc) is 2.91. The van der Waals surface area contributed by atoms with Crippen LogP contribution < -0.4 is 0 Å². The fraction of sp³-hybridized carbons (Fsp3) is 0.222. The fourth-order valence-corrected chi connectivity index (χ4v) is 3.46. The summed E-state index contributed by atoms with van der Waals surface area (Å²) in [6, 6.07) is 14.9. The maximum absolute atomic E-state index is 13.2. The van der Waals surface area contributed by atoms with Crippen molar-refractivity contribution in [3.8, 4) is 0 Å². The second kappa shape index (κ2) is 5.96. The molecule has 0 saturated heterocycles. The standard InChI is InChI=1S/C18H17FOS/c1-2-12-3-5-13(6-4-12)9-16(20)18-11-14-10-15(19)7-8-17(14)21-18/h3-8,10-11,16,20H,2,9H2,1H3. The van der Waals surface area contributed by atoms with Crippen LogP contribution in [0.25, 0.3) is 10.1 Å². The molecule has 3 heteroatoms. The van der Waals surface area contributed by atoms with E-state index in [2.05, 4.69) is 31.2 Å². The summed E-state index contributed by atoms with van der Waals surface area (Å²) in [5.74, 6) is -0.239. The highest BCUT2D eigenvalue weighted by molar-refractivity contribution is 7.19. The van der Waals surface area contributed by atoms with Crippen molar-refractivity contribution >= 4 is 21.4 Å². The third kappa shape index (κ3) is 3.14. The van der Waals surface area contributed by atoms with Gasteiger partial charge < -0.3 is 5.11 Å². The van der Waals surface area contributed by atoms with Gasteiger partial charge in [0, 0.05) is 16.0 Å². The van der Waals surface area contributed by atoms with Gasteiger partial charge in [-0.1, -0.05) is 31.2 Å². The molecule has 1 nitrogen and oxygen atoms in total. The molecule has 0 fully saturated rings. The first-order valence-electron chi connectivity index (χ1n) is 7.10. The number of rotatable bonds is 4. The van der Waals surface area contributed by atoms with Crippen molar-refractivity contribution in [2.45, 2.75) is 25.9 Å². The number of hydrogen-bond acceptors (Lipinski definition) is 2. The minimum atomic E-state index is -0.544. The van der Waals surface area contributed by atoms with Crippen LogP contribution in [-0.4, -0.2) is 5.11 Å². The Morgan fingerprint density at radius 1 is 1.05 bits per heavy atom. The molecular weight excluding hydrogens is 283 g/mol. The molecule has 0 spiro atoms. The van der Waals surface area contributed by atoms with Crippen LogP contribution >= 0.6 is 11.3 Å². The quantitative estimate of drug-likeness (QED) is 0.728. The molecule has 0 aliphatic heterocycles. The summed E-state index contributed by atoms with van der Waals surface area (Å²) in [6.07, 6.45) is 1.06. The lowest BCUT2D eigenvalue weighted by atomic mass is 10.0. The zero-order chi connectivity index (χ0) is 14.8. The fourth-order valence-electron chi connectivity index (χ4n) is 2.43. The minimum absolute atomic E-state index is 0.239. The first kappa shape index (κ1) is 14.2. The van der Waals surface area contributed by atoms with Crippen LogP contribution in [0.3, 0.4) is 0 Å². The zero-order valence-corrected chi connectivity index (χ0v) is 12.7. The highest BCUT2D eigenvalue weighted by Crippen LogP contribution is 2.31. The smallest absolute Gasteiger partial charge is 0.123 e. The van der Waals surface area contributed by atoms with Gasteiger partial charge >= 0.3 is 0 Å². The summed E-state index contributed by atoms with van der Waals surface area (Å²) in [5.41, 5.74) is 2.41. The van der Waals surface area contributed by atoms with Gasteiger partial charge in [0.05, 0.1) is 6.10 Å².